The Kier molecular flexibility index (Phi) is 4.52. The monoisotopic (exact) mass is 401 g/mol. The second-order valence-corrected chi connectivity index (χ2v) is 7.02. The SMILES string of the molecule is FC(F)(F)c1ccc2c(c1)c1cc(C(F)(F)F)ncc1n2[C@@H]1CCCNCC1. The van der Waals surface area contributed by atoms with Crippen LogP contribution in [0.25, 0.3) is 21.8 Å². The van der Waals surface area contributed by atoms with Crippen molar-refractivity contribution in [1.29, 1.82) is 0 Å². The number of benzene rings is 1. The van der Waals surface area contributed by atoms with Crippen molar-refractivity contribution in [1.82, 2.24) is 14.9 Å². The van der Waals surface area contributed by atoms with E-state index in [0.29, 0.717) is 11.0 Å². The molecule has 2 aromatic heterocycles. The van der Waals surface area contributed by atoms with Crippen molar-refractivity contribution < 1.29 is 26.3 Å². The van der Waals surface area contributed by atoms with E-state index < -0.39 is 23.6 Å². The number of hydrogen-bond donors (Lipinski definition) is 1. The van der Waals surface area contributed by atoms with Gasteiger partial charge in [0.2, 0.25) is 0 Å². The van der Waals surface area contributed by atoms with Crippen LogP contribution in [0, 0.1) is 0 Å². The normalized spacial score (nSPS) is 19.3. The number of fused-ring (bicyclic) bond motifs is 3. The van der Waals surface area contributed by atoms with Gasteiger partial charge in [-0.15, -0.1) is 0 Å². The van der Waals surface area contributed by atoms with Crippen molar-refractivity contribution in [2.75, 3.05) is 13.1 Å². The number of halogens is 6. The van der Waals surface area contributed by atoms with E-state index in [-0.39, 0.29) is 16.8 Å². The maximum Gasteiger partial charge on any atom is 0.433 e. The van der Waals surface area contributed by atoms with Gasteiger partial charge in [0.15, 0.2) is 0 Å². The topological polar surface area (TPSA) is 29.9 Å². The standard InChI is InChI=1S/C19H17F6N3/c20-18(21,22)11-3-4-15-13(8-11)14-9-17(19(23,24)25)27-10-16(14)28(15)12-2-1-6-26-7-5-12/h3-4,8-10,12,26H,1-2,5-7H2/t12-/m1/s1. The molecular weight excluding hydrogens is 384 g/mol. The summed E-state index contributed by atoms with van der Waals surface area (Å²) in [5.41, 5.74) is -1.07. The first-order valence-electron chi connectivity index (χ1n) is 8.95. The zero-order valence-corrected chi connectivity index (χ0v) is 14.7. The number of hydrogen-bond acceptors (Lipinski definition) is 2. The molecule has 1 fully saturated rings. The summed E-state index contributed by atoms with van der Waals surface area (Å²) in [6.45, 7) is 1.57. The first kappa shape index (κ1) is 19.0. The van der Waals surface area contributed by atoms with E-state index in [1.165, 1.54) is 6.07 Å². The summed E-state index contributed by atoms with van der Waals surface area (Å²) in [7, 11) is 0. The summed E-state index contributed by atoms with van der Waals surface area (Å²) >= 11 is 0. The molecule has 3 nitrogen and oxygen atoms in total. The Hall–Kier alpha value is -2.29. The minimum absolute atomic E-state index is 0.0229. The highest BCUT2D eigenvalue weighted by Gasteiger charge is 2.34. The fraction of sp³-hybridized carbons (Fsp3) is 0.421. The summed E-state index contributed by atoms with van der Waals surface area (Å²) < 4.78 is 80.9. The molecule has 0 unspecified atom stereocenters. The van der Waals surface area contributed by atoms with Crippen LogP contribution in [-0.2, 0) is 12.4 Å². The molecule has 0 amide bonds. The predicted molar refractivity (Wildman–Crippen MR) is 93.0 cm³/mol. The second-order valence-electron chi connectivity index (χ2n) is 7.02. The van der Waals surface area contributed by atoms with Gasteiger partial charge in [0.25, 0.3) is 0 Å². The van der Waals surface area contributed by atoms with Gasteiger partial charge in [0, 0.05) is 22.3 Å². The van der Waals surface area contributed by atoms with Crippen LogP contribution in [-0.4, -0.2) is 22.6 Å². The summed E-state index contributed by atoms with van der Waals surface area (Å²) in [6.07, 6.45) is -5.72. The molecule has 1 aliphatic rings. The van der Waals surface area contributed by atoms with Gasteiger partial charge >= 0.3 is 12.4 Å². The third kappa shape index (κ3) is 3.32. The lowest BCUT2D eigenvalue weighted by Crippen LogP contribution is -2.15. The molecular formula is C19H17F6N3. The molecule has 0 bridgehead atoms. The van der Waals surface area contributed by atoms with Crippen molar-refractivity contribution >= 4 is 21.8 Å². The lowest BCUT2D eigenvalue weighted by atomic mass is 10.1. The summed E-state index contributed by atoms with van der Waals surface area (Å²) in [6, 6.07) is 4.09. The van der Waals surface area contributed by atoms with Crippen LogP contribution in [0.3, 0.4) is 0 Å². The highest BCUT2D eigenvalue weighted by Crippen LogP contribution is 2.40. The highest BCUT2D eigenvalue weighted by molar-refractivity contribution is 6.08. The van der Waals surface area contributed by atoms with Crippen molar-refractivity contribution in [3.63, 3.8) is 0 Å². The van der Waals surface area contributed by atoms with Crippen molar-refractivity contribution in [3.8, 4) is 0 Å². The summed E-state index contributed by atoms with van der Waals surface area (Å²) in [5.74, 6) is 0. The molecule has 9 heteroatoms. The van der Waals surface area contributed by atoms with Gasteiger partial charge < -0.3 is 9.88 Å². The van der Waals surface area contributed by atoms with Gasteiger partial charge in [0.1, 0.15) is 5.69 Å². The van der Waals surface area contributed by atoms with Gasteiger partial charge in [-0.25, -0.2) is 4.98 Å². The van der Waals surface area contributed by atoms with E-state index in [2.05, 4.69) is 10.3 Å². The van der Waals surface area contributed by atoms with E-state index in [1.54, 1.807) is 0 Å². The molecule has 0 saturated carbocycles. The van der Waals surface area contributed by atoms with Gasteiger partial charge in [-0.3, -0.25) is 0 Å². The average Bonchev–Trinajstić information content (AvgIpc) is 2.76. The Morgan fingerprint density at radius 2 is 1.64 bits per heavy atom. The largest absolute Gasteiger partial charge is 0.433 e. The molecule has 3 aromatic rings. The van der Waals surface area contributed by atoms with E-state index in [9.17, 15) is 26.3 Å². The Morgan fingerprint density at radius 3 is 2.36 bits per heavy atom. The van der Waals surface area contributed by atoms with Crippen LogP contribution >= 0.6 is 0 Å². The molecule has 1 aliphatic heterocycles. The minimum Gasteiger partial charge on any atom is -0.336 e. The molecule has 1 atom stereocenters. The Balaban J connectivity index is 2.01. The Morgan fingerprint density at radius 1 is 0.893 bits per heavy atom. The first-order valence-corrected chi connectivity index (χ1v) is 8.95. The number of nitrogens with zero attached hydrogens (tertiary/aromatic N) is 2. The van der Waals surface area contributed by atoms with E-state index >= 15 is 0 Å². The number of rotatable bonds is 1. The van der Waals surface area contributed by atoms with Crippen molar-refractivity contribution in [2.45, 2.75) is 37.7 Å². The van der Waals surface area contributed by atoms with Gasteiger partial charge in [-0.2, -0.15) is 26.3 Å². The molecule has 150 valence electrons. The molecule has 4 rings (SSSR count). The molecule has 3 heterocycles. The lowest BCUT2D eigenvalue weighted by molar-refractivity contribution is -0.141. The number of alkyl halides is 6. The second kappa shape index (κ2) is 6.65. The van der Waals surface area contributed by atoms with Crippen LogP contribution in [0.4, 0.5) is 26.3 Å². The van der Waals surface area contributed by atoms with Crippen LogP contribution < -0.4 is 5.32 Å². The van der Waals surface area contributed by atoms with Crippen LogP contribution in [0.2, 0.25) is 0 Å². The summed E-state index contributed by atoms with van der Waals surface area (Å²) in [5, 5.41) is 3.57. The molecule has 1 N–H and O–H groups in total. The first-order chi connectivity index (χ1) is 13.2. The van der Waals surface area contributed by atoms with Gasteiger partial charge in [-0.1, -0.05) is 0 Å². The third-order valence-corrected chi connectivity index (χ3v) is 5.22. The Bertz CT molecular complexity index is 939. The quantitative estimate of drug-likeness (QED) is 0.543. The number of aromatic nitrogens is 2. The molecule has 0 radical (unpaired) electrons. The average molecular weight is 401 g/mol. The molecule has 1 saturated heterocycles. The smallest absolute Gasteiger partial charge is 0.336 e. The molecule has 1 aromatic carbocycles. The van der Waals surface area contributed by atoms with Crippen LogP contribution in [0.5, 0.6) is 0 Å². The fourth-order valence-electron chi connectivity index (χ4n) is 3.93. The number of pyridine rings is 1. The zero-order valence-electron chi connectivity index (χ0n) is 14.7. The Labute approximate surface area is 156 Å². The van der Waals surface area contributed by atoms with Gasteiger partial charge in [-0.05, 0) is 56.6 Å². The zero-order chi connectivity index (χ0) is 20.1. The molecule has 0 aliphatic carbocycles. The van der Waals surface area contributed by atoms with E-state index in [0.717, 1.165) is 56.7 Å². The fourth-order valence-corrected chi connectivity index (χ4v) is 3.93. The van der Waals surface area contributed by atoms with E-state index in [4.69, 9.17) is 0 Å². The van der Waals surface area contributed by atoms with Crippen LogP contribution in [0.15, 0.2) is 30.5 Å². The maximum absolute atomic E-state index is 13.2. The molecule has 28 heavy (non-hydrogen) atoms. The predicted octanol–water partition coefficient (Wildman–Crippen LogP) is 5.54. The lowest BCUT2D eigenvalue weighted by Gasteiger charge is -2.19. The highest BCUT2D eigenvalue weighted by atomic mass is 19.4. The van der Waals surface area contributed by atoms with Crippen molar-refractivity contribution in [2.24, 2.45) is 0 Å². The maximum atomic E-state index is 13.2. The van der Waals surface area contributed by atoms with Gasteiger partial charge in [0.05, 0.1) is 17.3 Å². The van der Waals surface area contributed by atoms with Crippen LogP contribution in [0.1, 0.15) is 36.6 Å². The number of nitrogens with one attached hydrogen (secondary N) is 1. The summed E-state index contributed by atoms with van der Waals surface area (Å²) in [4.78, 5) is 3.54. The van der Waals surface area contributed by atoms with E-state index in [1.807, 2.05) is 4.57 Å². The third-order valence-electron chi connectivity index (χ3n) is 5.22. The minimum atomic E-state index is -4.67. The van der Waals surface area contributed by atoms with Crippen molar-refractivity contribution in [3.05, 3.63) is 41.7 Å². The molecule has 0 spiro atoms.